The molecule has 0 aliphatic heterocycles. The molecule has 0 saturated heterocycles. The minimum Gasteiger partial charge on any atom is -0.258 e. The van der Waals surface area contributed by atoms with E-state index in [4.69, 9.17) is 0 Å². The van der Waals surface area contributed by atoms with E-state index >= 15 is 0 Å². The van der Waals surface area contributed by atoms with Gasteiger partial charge in [-0.1, -0.05) is 12.1 Å². The summed E-state index contributed by atoms with van der Waals surface area (Å²) in [6.45, 7) is 0. The molecule has 25 heavy (non-hydrogen) atoms. The van der Waals surface area contributed by atoms with E-state index in [1.165, 1.54) is 35.6 Å². The number of nitriles is 1. The zero-order valence-electron chi connectivity index (χ0n) is 12.7. The molecule has 0 spiro atoms. The molecule has 0 aliphatic carbocycles. The largest absolute Gasteiger partial charge is 0.269 e. The maximum absolute atomic E-state index is 13.0. The number of hydrogen-bond donors (Lipinski definition) is 0. The summed E-state index contributed by atoms with van der Waals surface area (Å²) in [5.74, 6) is -0.342. The lowest BCUT2D eigenvalue weighted by atomic mass is 10.1. The number of allylic oxidation sites excluding steroid dienone is 1. The van der Waals surface area contributed by atoms with Crippen LogP contribution in [0.5, 0.6) is 0 Å². The van der Waals surface area contributed by atoms with E-state index in [2.05, 4.69) is 11.1 Å². The molecule has 0 atom stereocenters. The fourth-order valence-electron chi connectivity index (χ4n) is 2.15. The molecule has 0 bridgehead atoms. The molecule has 1 aromatic heterocycles. The number of nitrogens with zero attached hydrogens (tertiary/aromatic N) is 3. The molecule has 0 unspecified atom stereocenters. The van der Waals surface area contributed by atoms with E-state index in [9.17, 15) is 19.8 Å². The van der Waals surface area contributed by atoms with Crippen molar-refractivity contribution in [3.63, 3.8) is 0 Å². The third-order valence-electron chi connectivity index (χ3n) is 3.41. The molecule has 2 aromatic carbocycles. The number of hydrogen-bond acceptors (Lipinski definition) is 5. The Balaban J connectivity index is 1.90. The predicted molar refractivity (Wildman–Crippen MR) is 94.1 cm³/mol. The zero-order chi connectivity index (χ0) is 17.8. The molecule has 3 aromatic rings. The highest BCUT2D eigenvalue weighted by atomic mass is 32.1. The van der Waals surface area contributed by atoms with E-state index in [1.54, 1.807) is 35.7 Å². The van der Waals surface area contributed by atoms with E-state index in [1.807, 2.05) is 0 Å². The molecule has 3 rings (SSSR count). The van der Waals surface area contributed by atoms with Gasteiger partial charge < -0.3 is 0 Å². The molecule has 0 aliphatic rings. The van der Waals surface area contributed by atoms with E-state index in [0.29, 0.717) is 21.8 Å². The van der Waals surface area contributed by atoms with Crippen LogP contribution in [0.2, 0.25) is 0 Å². The van der Waals surface area contributed by atoms with Crippen LogP contribution in [0.4, 0.5) is 10.1 Å². The Labute approximate surface area is 146 Å². The van der Waals surface area contributed by atoms with Crippen molar-refractivity contribution in [1.82, 2.24) is 4.98 Å². The Kier molecular flexibility index (Phi) is 4.64. The molecule has 0 fully saturated rings. The van der Waals surface area contributed by atoms with Crippen molar-refractivity contribution in [1.29, 1.82) is 5.26 Å². The number of halogens is 1. The van der Waals surface area contributed by atoms with E-state index in [-0.39, 0.29) is 11.5 Å². The summed E-state index contributed by atoms with van der Waals surface area (Å²) in [7, 11) is 0. The summed E-state index contributed by atoms with van der Waals surface area (Å²) >= 11 is 1.30. The van der Waals surface area contributed by atoms with Gasteiger partial charge in [-0.25, -0.2) is 9.37 Å². The molecule has 0 saturated carbocycles. The van der Waals surface area contributed by atoms with Crippen LogP contribution in [0, 0.1) is 27.3 Å². The molecule has 0 radical (unpaired) electrons. The molecule has 0 amide bonds. The topological polar surface area (TPSA) is 79.8 Å². The number of rotatable bonds is 4. The highest BCUT2D eigenvalue weighted by Gasteiger charge is 2.11. The first kappa shape index (κ1) is 16.5. The summed E-state index contributed by atoms with van der Waals surface area (Å²) in [4.78, 5) is 14.7. The van der Waals surface area contributed by atoms with Crippen LogP contribution in [0.15, 0.2) is 53.9 Å². The average Bonchev–Trinajstić information content (AvgIpc) is 3.11. The van der Waals surface area contributed by atoms with Crippen LogP contribution in [-0.2, 0) is 0 Å². The van der Waals surface area contributed by atoms with E-state index in [0.717, 1.165) is 5.56 Å². The summed E-state index contributed by atoms with van der Waals surface area (Å²) in [6, 6.07) is 14.0. The van der Waals surface area contributed by atoms with Gasteiger partial charge in [-0.15, -0.1) is 11.3 Å². The quantitative estimate of drug-likeness (QED) is 0.379. The van der Waals surface area contributed by atoms with Gasteiger partial charge in [-0.3, -0.25) is 10.1 Å². The molecule has 5 nitrogen and oxygen atoms in total. The second-order valence-corrected chi connectivity index (χ2v) is 5.92. The highest BCUT2D eigenvalue weighted by Crippen LogP contribution is 2.28. The third-order valence-corrected chi connectivity index (χ3v) is 4.29. The number of nitro groups is 1. The molecule has 7 heteroatoms. The first-order valence-electron chi connectivity index (χ1n) is 7.15. The van der Waals surface area contributed by atoms with Crippen LogP contribution in [0.1, 0.15) is 10.6 Å². The Morgan fingerprint density at radius 3 is 2.48 bits per heavy atom. The lowest BCUT2D eigenvalue weighted by Crippen LogP contribution is -1.87. The van der Waals surface area contributed by atoms with Crippen LogP contribution < -0.4 is 0 Å². The van der Waals surface area contributed by atoms with Gasteiger partial charge in [0.1, 0.15) is 16.9 Å². The average molecular weight is 351 g/mol. The van der Waals surface area contributed by atoms with Crippen molar-refractivity contribution in [3.05, 3.63) is 80.4 Å². The number of non-ortho nitro benzene ring substituents is 1. The molecule has 122 valence electrons. The van der Waals surface area contributed by atoms with Gasteiger partial charge >= 0.3 is 0 Å². The summed E-state index contributed by atoms with van der Waals surface area (Å²) < 4.78 is 13.0. The van der Waals surface area contributed by atoms with Gasteiger partial charge in [0.05, 0.1) is 16.2 Å². The number of nitro benzene ring substituents is 1. The monoisotopic (exact) mass is 351 g/mol. The first-order valence-corrected chi connectivity index (χ1v) is 8.03. The fourth-order valence-corrected chi connectivity index (χ4v) is 2.95. The van der Waals surface area contributed by atoms with Gasteiger partial charge in [0.15, 0.2) is 0 Å². The predicted octanol–water partition coefficient (Wildman–Crippen LogP) is 4.92. The Morgan fingerprint density at radius 1 is 1.20 bits per heavy atom. The minimum atomic E-state index is -0.463. The molecule has 1 heterocycles. The van der Waals surface area contributed by atoms with Gasteiger partial charge in [0.25, 0.3) is 5.69 Å². The van der Waals surface area contributed by atoms with Crippen molar-refractivity contribution >= 4 is 28.7 Å². The lowest BCUT2D eigenvalue weighted by molar-refractivity contribution is -0.384. The van der Waals surface area contributed by atoms with E-state index < -0.39 is 4.92 Å². The number of aromatic nitrogens is 1. The molecular formula is C18H10FN3O2S. The summed E-state index contributed by atoms with van der Waals surface area (Å²) in [6.07, 6.45) is 1.64. The highest BCUT2D eigenvalue weighted by molar-refractivity contribution is 7.11. The SMILES string of the molecule is N#C/C(=C\c1ccc(F)cc1)c1nc(-c2ccc([N+](=O)[O-])cc2)cs1. The van der Waals surface area contributed by atoms with Crippen molar-refractivity contribution in [2.24, 2.45) is 0 Å². The van der Waals surface area contributed by atoms with Crippen LogP contribution >= 0.6 is 11.3 Å². The first-order chi connectivity index (χ1) is 12.1. The standard InChI is InChI=1S/C18H10FN3O2S/c19-15-5-1-12(2-6-15)9-14(10-20)18-21-17(11-25-18)13-3-7-16(8-4-13)22(23)24/h1-9,11H/b14-9+. The third kappa shape index (κ3) is 3.76. The number of thiazole rings is 1. The second-order valence-electron chi connectivity index (χ2n) is 5.06. The maximum atomic E-state index is 13.0. The maximum Gasteiger partial charge on any atom is 0.269 e. The normalized spacial score (nSPS) is 11.1. The Hall–Kier alpha value is -3.37. The molecular weight excluding hydrogens is 341 g/mol. The summed E-state index contributed by atoms with van der Waals surface area (Å²) in [5, 5.41) is 22.4. The van der Waals surface area contributed by atoms with Gasteiger partial charge in [-0.05, 0) is 35.9 Å². The number of benzene rings is 2. The lowest BCUT2D eigenvalue weighted by Gasteiger charge is -1.97. The summed E-state index contributed by atoms with van der Waals surface area (Å²) in [5.41, 5.74) is 2.44. The van der Waals surface area contributed by atoms with Gasteiger partial charge in [0.2, 0.25) is 0 Å². The van der Waals surface area contributed by atoms with Crippen molar-refractivity contribution < 1.29 is 9.31 Å². The van der Waals surface area contributed by atoms with Crippen molar-refractivity contribution in [3.8, 4) is 17.3 Å². The fraction of sp³-hybridized carbons (Fsp3) is 0. The van der Waals surface area contributed by atoms with Crippen LogP contribution in [0.25, 0.3) is 22.9 Å². The van der Waals surface area contributed by atoms with Gasteiger partial charge in [-0.2, -0.15) is 5.26 Å². The van der Waals surface area contributed by atoms with Crippen molar-refractivity contribution in [2.75, 3.05) is 0 Å². The molecule has 0 N–H and O–H groups in total. The Morgan fingerprint density at radius 2 is 1.88 bits per heavy atom. The smallest absolute Gasteiger partial charge is 0.258 e. The zero-order valence-corrected chi connectivity index (χ0v) is 13.5. The second kappa shape index (κ2) is 7.03. The Bertz CT molecular complexity index is 986. The van der Waals surface area contributed by atoms with Gasteiger partial charge in [0, 0.05) is 23.1 Å². The van der Waals surface area contributed by atoms with Crippen LogP contribution in [0.3, 0.4) is 0 Å². The van der Waals surface area contributed by atoms with Crippen molar-refractivity contribution in [2.45, 2.75) is 0 Å². The van der Waals surface area contributed by atoms with Crippen LogP contribution in [-0.4, -0.2) is 9.91 Å². The minimum absolute atomic E-state index is 0.00752.